The van der Waals surface area contributed by atoms with Gasteiger partial charge in [0.25, 0.3) is 0 Å². The summed E-state index contributed by atoms with van der Waals surface area (Å²) in [6.45, 7) is 0.282. The van der Waals surface area contributed by atoms with Gasteiger partial charge in [0.15, 0.2) is 5.82 Å². The number of ether oxygens (including phenoxy) is 1. The average Bonchev–Trinajstić information content (AvgIpc) is 2.64. The van der Waals surface area contributed by atoms with Gasteiger partial charge in [-0.1, -0.05) is 48.2 Å². The Morgan fingerprint density at radius 1 is 1.04 bits per heavy atom. The second-order valence-electron chi connectivity index (χ2n) is 5.64. The number of carbonyl (C=O) groups is 1. The largest absolute Gasteiger partial charge is 0.486 e. The molecule has 6 heteroatoms. The van der Waals surface area contributed by atoms with Gasteiger partial charge in [0.05, 0.1) is 11.3 Å². The molecule has 0 aliphatic heterocycles. The van der Waals surface area contributed by atoms with Crippen LogP contribution >= 0.6 is 11.8 Å². The van der Waals surface area contributed by atoms with Gasteiger partial charge in [-0.05, 0) is 18.2 Å². The predicted octanol–water partition coefficient (Wildman–Crippen LogP) is 3.39. The van der Waals surface area contributed by atoms with Crippen molar-refractivity contribution >= 4 is 28.6 Å². The molecule has 0 unspecified atom stereocenters. The summed E-state index contributed by atoms with van der Waals surface area (Å²) in [5.41, 5.74) is 0.851. The van der Waals surface area contributed by atoms with Crippen LogP contribution in [0.2, 0.25) is 0 Å². The number of para-hydroxylation sites is 2. The Balaban J connectivity index is 1.83. The summed E-state index contributed by atoms with van der Waals surface area (Å²) >= 11 is 1.42. The highest BCUT2D eigenvalue weighted by Gasteiger charge is 2.12. The van der Waals surface area contributed by atoms with Crippen molar-refractivity contribution in [1.29, 1.82) is 0 Å². The van der Waals surface area contributed by atoms with E-state index >= 15 is 0 Å². The fraction of sp³-hybridized carbons (Fsp3) is 0.211. The van der Waals surface area contributed by atoms with Gasteiger partial charge in [-0.3, -0.25) is 4.79 Å². The number of benzene rings is 2. The first-order chi connectivity index (χ1) is 12.1. The molecule has 0 N–H and O–H groups in total. The highest BCUT2D eigenvalue weighted by atomic mass is 32.2. The van der Waals surface area contributed by atoms with Crippen LogP contribution in [0.1, 0.15) is 5.82 Å². The maximum absolute atomic E-state index is 11.9. The maximum atomic E-state index is 11.9. The van der Waals surface area contributed by atoms with E-state index < -0.39 is 0 Å². The normalized spacial score (nSPS) is 10.6. The first-order valence-electron chi connectivity index (χ1n) is 7.90. The molecule has 0 saturated heterocycles. The molecule has 1 aromatic heterocycles. The molecule has 0 saturated carbocycles. The third-order valence-electron chi connectivity index (χ3n) is 3.56. The molecule has 1 heterocycles. The zero-order chi connectivity index (χ0) is 17.6. The first-order valence-corrected chi connectivity index (χ1v) is 8.88. The van der Waals surface area contributed by atoms with Crippen LogP contribution in [0.15, 0.2) is 59.6 Å². The summed E-state index contributed by atoms with van der Waals surface area (Å²) in [5.74, 6) is 1.76. The van der Waals surface area contributed by atoms with E-state index in [0.29, 0.717) is 11.6 Å². The van der Waals surface area contributed by atoms with E-state index in [9.17, 15) is 4.79 Å². The van der Waals surface area contributed by atoms with Crippen LogP contribution in [0.3, 0.4) is 0 Å². The van der Waals surface area contributed by atoms with Gasteiger partial charge in [-0.2, -0.15) is 0 Å². The molecule has 128 valence electrons. The number of rotatable bonds is 6. The van der Waals surface area contributed by atoms with Gasteiger partial charge in [-0.15, -0.1) is 0 Å². The molecule has 2 aromatic carbocycles. The second-order valence-corrected chi connectivity index (χ2v) is 6.60. The SMILES string of the molecule is CN(C)C(=O)CSc1nc(COc2ccccc2)nc2ccccc12. The van der Waals surface area contributed by atoms with Gasteiger partial charge >= 0.3 is 0 Å². The van der Waals surface area contributed by atoms with E-state index in [0.717, 1.165) is 21.7 Å². The molecule has 0 fully saturated rings. The van der Waals surface area contributed by atoms with Crippen LogP contribution < -0.4 is 4.74 Å². The summed E-state index contributed by atoms with van der Waals surface area (Å²) in [5, 5.41) is 1.75. The van der Waals surface area contributed by atoms with Crippen molar-refractivity contribution in [3.63, 3.8) is 0 Å². The molecule has 0 spiro atoms. The summed E-state index contributed by atoms with van der Waals surface area (Å²) in [6.07, 6.45) is 0. The lowest BCUT2D eigenvalue weighted by atomic mass is 10.2. The van der Waals surface area contributed by atoms with Gasteiger partial charge < -0.3 is 9.64 Å². The van der Waals surface area contributed by atoms with Crippen molar-refractivity contribution < 1.29 is 9.53 Å². The summed E-state index contributed by atoms with van der Waals surface area (Å²) < 4.78 is 5.75. The predicted molar refractivity (Wildman–Crippen MR) is 99.7 cm³/mol. The minimum absolute atomic E-state index is 0.0507. The number of hydrogen-bond donors (Lipinski definition) is 0. The lowest BCUT2D eigenvalue weighted by Gasteiger charge is -2.11. The van der Waals surface area contributed by atoms with E-state index in [4.69, 9.17) is 4.74 Å². The molecule has 0 aliphatic rings. The monoisotopic (exact) mass is 353 g/mol. The minimum Gasteiger partial charge on any atom is -0.486 e. The number of nitrogens with zero attached hydrogens (tertiary/aromatic N) is 3. The Bertz CT molecular complexity index is 869. The van der Waals surface area contributed by atoms with E-state index in [1.165, 1.54) is 11.8 Å². The van der Waals surface area contributed by atoms with E-state index in [1.807, 2.05) is 54.6 Å². The molecule has 25 heavy (non-hydrogen) atoms. The Hall–Kier alpha value is -2.60. The molecule has 3 aromatic rings. The zero-order valence-electron chi connectivity index (χ0n) is 14.2. The fourth-order valence-electron chi connectivity index (χ4n) is 2.19. The van der Waals surface area contributed by atoms with Crippen molar-refractivity contribution in [2.24, 2.45) is 0 Å². The standard InChI is InChI=1S/C19H19N3O2S/c1-22(2)18(23)13-25-19-15-10-6-7-11-16(15)20-17(21-19)12-24-14-8-4-3-5-9-14/h3-11H,12-13H2,1-2H3. The molecular weight excluding hydrogens is 334 g/mol. The Morgan fingerprint density at radius 2 is 1.76 bits per heavy atom. The van der Waals surface area contributed by atoms with Crippen LogP contribution in [0, 0.1) is 0 Å². The van der Waals surface area contributed by atoms with Crippen molar-refractivity contribution in [3.05, 3.63) is 60.4 Å². The molecule has 1 amide bonds. The third kappa shape index (κ3) is 4.48. The van der Waals surface area contributed by atoms with Crippen molar-refractivity contribution in [3.8, 4) is 5.75 Å². The van der Waals surface area contributed by atoms with Crippen molar-refractivity contribution in [1.82, 2.24) is 14.9 Å². The number of carbonyl (C=O) groups excluding carboxylic acids is 1. The van der Waals surface area contributed by atoms with Crippen LogP contribution in [-0.4, -0.2) is 40.6 Å². The Kier molecular flexibility index (Phi) is 5.50. The zero-order valence-corrected chi connectivity index (χ0v) is 15.0. The van der Waals surface area contributed by atoms with Crippen LogP contribution in [-0.2, 0) is 11.4 Å². The van der Waals surface area contributed by atoms with Crippen LogP contribution in [0.4, 0.5) is 0 Å². The van der Waals surface area contributed by atoms with E-state index in [2.05, 4.69) is 9.97 Å². The average molecular weight is 353 g/mol. The summed E-state index contributed by atoms with van der Waals surface area (Å²) in [7, 11) is 3.50. The minimum atomic E-state index is 0.0507. The molecule has 0 atom stereocenters. The third-order valence-corrected chi connectivity index (χ3v) is 4.53. The molecule has 0 radical (unpaired) electrons. The topological polar surface area (TPSA) is 55.3 Å². The lowest BCUT2D eigenvalue weighted by Crippen LogP contribution is -2.23. The van der Waals surface area contributed by atoms with E-state index in [-0.39, 0.29) is 12.5 Å². The highest BCUT2D eigenvalue weighted by molar-refractivity contribution is 8.00. The number of aromatic nitrogens is 2. The Labute approximate surface area is 151 Å². The summed E-state index contributed by atoms with van der Waals surface area (Å²) in [4.78, 5) is 22.6. The van der Waals surface area contributed by atoms with Crippen LogP contribution in [0.5, 0.6) is 5.75 Å². The number of hydrogen-bond acceptors (Lipinski definition) is 5. The molecular formula is C19H19N3O2S. The van der Waals surface area contributed by atoms with Crippen molar-refractivity contribution in [2.75, 3.05) is 19.8 Å². The van der Waals surface area contributed by atoms with Gasteiger partial charge in [0.1, 0.15) is 17.4 Å². The number of amides is 1. The van der Waals surface area contributed by atoms with Gasteiger partial charge in [-0.25, -0.2) is 9.97 Å². The molecule has 0 aliphatic carbocycles. The van der Waals surface area contributed by atoms with Gasteiger partial charge in [0, 0.05) is 19.5 Å². The van der Waals surface area contributed by atoms with E-state index in [1.54, 1.807) is 19.0 Å². The second kappa shape index (κ2) is 7.98. The lowest BCUT2D eigenvalue weighted by molar-refractivity contribution is -0.125. The number of fused-ring (bicyclic) bond motifs is 1. The fourth-order valence-corrected chi connectivity index (χ4v) is 3.21. The quantitative estimate of drug-likeness (QED) is 0.502. The van der Waals surface area contributed by atoms with Crippen molar-refractivity contribution in [2.45, 2.75) is 11.6 Å². The molecule has 5 nitrogen and oxygen atoms in total. The van der Waals surface area contributed by atoms with Gasteiger partial charge in [0.2, 0.25) is 5.91 Å². The first kappa shape index (κ1) is 17.2. The molecule has 0 bridgehead atoms. The van der Waals surface area contributed by atoms with Crippen LogP contribution in [0.25, 0.3) is 10.9 Å². The number of thioether (sulfide) groups is 1. The summed E-state index contributed by atoms with van der Waals surface area (Å²) in [6, 6.07) is 17.4. The highest BCUT2D eigenvalue weighted by Crippen LogP contribution is 2.25. The molecule has 3 rings (SSSR count). The smallest absolute Gasteiger partial charge is 0.232 e. The maximum Gasteiger partial charge on any atom is 0.232 e. The Morgan fingerprint density at radius 3 is 2.52 bits per heavy atom.